The van der Waals surface area contributed by atoms with Gasteiger partial charge in [-0.05, 0) is 65.9 Å². The summed E-state index contributed by atoms with van der Waals surface area (Å²) < 4.78 is 19.3. The van der Waals surface area contributed by atoms with Crippen LogP contribution in [-0.4, -0.2) is 60.6 Å². The van der Waals surface area contributed by atoms with Gasteiger partial charge in [-0.1, -0.05) is 30.3 Å². The molecule has 1 saturated heterocycles. The predicted molar refractivity (Wildman–Crippen MR) is 150 cm³/mol. The predicted octanol–water partition coefficient (Wildman–Crippen LogP) is 4.79. The third-order valence-corrected chi connectivity index (χ3v) is 7.15. The van der Waals surface area contributed by atoms with Crippen molar-refractivity contribution in [2.75, 3.05) is 43.1 Å². The summed E-state index contributed by atoms with van der Waals surface area (Å²) in [5, 5.41) is 12.1. The molecule has 0 unspecified atom stereocenters. The van der Waals surface area contributed by atoms with Gasteiger partial charge in [-0.15, -0.1) is 0 Å². The Kier molecular flexibility index (Phi) is 8.40. The molecule has 2 fully saturated rings. The largest absolute Gasteiger partial charge is 0.481 e. The highest BCUT2D eigenvalue weighted by Gasteiger charge is 2.33. The van der Waals surface area contributed by atoms with Gasteiger partial charge >= 0.3 is 5.97 Å². The zero-order valence-electron chi connectivity index (χ0n) is 22.1. The minimum Gasteiger partial charge on any atom is -0.481 e. The minimum atomic E-state index is -0.935. The minimum absolute atomic E-state index is 0.00358. The molecule has 2 N–H and O–H groups in total. The molecule has 2 aliphatic rings. The van der Waals surface area contributed by atoms with Gasteiger partial charge in [0.2, 0.25) is 5.91 Å². The molecule has 0 bridgehead atoms. The summed E-state index contributed by atoms with van der Waals surface area (Å²) in [5.74, 6) is -1.83. The van der Waals surface area contributed by atoms with Crippen molar-refractivity contribution in [3.05, 3.63) is 83.7 Å². The first-order valence-electron chi connectivity index (χ1n) is 13.5. The second kappa shape index (κ2) is 12.3. The number of hydrogen-bond donors (Lipinski definition) is 2. The first kappa shape index (κ1) is 27.3. The lowest BCUT2D eigenvalue weighted by atomic mass is 10.0. The summed E-state index contributed by atoms with van der Waals surface area (Å²) in [4.78, 5) is 40.8. The fourth-order valence-corrected chi connectivity index (χ4v) is 4.88. The van der Waals surface area contributed by atoms with Crippen LogP contribution in [0, 0.1) is 11.7 Å². The molecule has 1 saturated carbocycles. The van der Waals surface area contributed by atoms with Crippen LogP contribution >= 0.6 is 0 Å². The molecule has 0 atom stereocenters. The van der Waals surface area contributed by atoms with E-state index in [0.29, 0.717) is 38.5 Å². The normalized spacial score (nSPS) is 15.0. The number of anilines is 2. The number of amides is 2. The number of halogens is 1. The summed E-state index contributed by atoms with van der Waals surface area (Å²) in [6.45, 7) is 3.01. The van der Waals surface area contributed by atoms with E-state index < -0.39 is 17.7 Å². The van der Waals surface area contributed by atoms with Gasteiger partial charge in [0, 0.05) is 37.7 Å². The Bertz CT molecular complexity index is 1400. The number of carboxylic acid groups (broad SMARTS) is 1. The van der Waals surface area contributed by atoms with E-state index >= 15 is 0 Å². The second-order valence-electron chi connectivity index (χ2n) is 10.2. The van der Waals surface area contributed by atoms with E-state index in [1.165, 1.54) is 18.2 Å². The van der Waals surface area contributed by atoms with Crippen molar-refractivity contribution in [1.82, 2.24) is 4.90 Å². The summed E-state index contributed by atoms with van der Waals surface area (Å²) in [5.41, 5.74) is 4.32. The van der Waals surface area contributed by atoms with E-state index in [4.69, 9.17) is 9.84 Å². The molecule has 40 heavy (non-hydrogen) atoms. The van der Waals surface area contributed by atoms with Crippen LogP contribution in [0.5, 0.6) is 0 Å². The molecule has 3 aromatic carbocycles. The number of morpholine rings is 1. The fourth-order valence-electron chi connectivity index (χ4n) is 4.88. The number of ether oxygens (including phenoxy) is 1. The maximum atomic E-state index is 13.8. The van der Waals surface area contributed by atoms with E-state index in [9.17, 15) is 18.8 Å². The Morgan fingerprint density at radius 3 is 2.45 bits per heavy atom. The SMILES string of the molecule is O=C(O)CCN(Cc1cccc(-c2ccc(N3CCOCC3)c(NC(=O)c3cccc(F)c3)c2)c1)C(=O)C1CC1. The maximum Gasteiger partial charge on any atom is 0.305 e. The molecule has 9 heteroatoms. The van der Waals surface area contributed by atoms with Crippen LogP contribution in [0.1, 0.15) is 35.2 Å². The first-order chi connectivity index (χ1) is 19.4. The summed E-state index contributed by atoms with van der Waals surface area (Å²) in [6, 6.07) is 19.2. The van der Waals surface area contributed by atoms with Gasteiger partial charge in [0.25, 0.3) is 5.91 Å². The number of carbonyl (C=O) groups is 3. The van der Waals surface area contributed by atoms with Crippen LogP contribution in [0.25, 0.3) is 11.1 Å². The highest BCUT2D eigenvalue weighted by Crippen LogP contribution is 2.34. The van der Waals surface area contributed by atoms with Gasteiger partial charge in [-0.2, -0.15) is 0 Å². The van der Waals surface area contributed by atoms with Crippen molar-refractivity contribution in [2.24, 2.45) is 5.92 Å². The number of benzene rings is 3. The lowest BCUT2D eigenvalue weighted by molar-refractivity contribution is -0.139. The highest BCUT2D eigenvalue weighted by molar-refractivity contribution is 6.06. The first-order valence-corrected chi connectivity index (χ1v) is 13.5. The molecule has 2 amide bonds. The molecule has 1 aliphatic heterocycles. The Morgan fingerprint density at radius 1 is 0.975 bits per heavy atom. The lowest BCUT2D eigenvalue weighted by Gasteiger charge is -2.31. The summed E-state index contributed by atoms with van der Waals surface area (Å²) in [6.07, 6.45) is 1.60. The average molecular weight is 546 g/mol. The molecule has 208 valence electrons. The number of carbonyl (C=O) groups excluding carboxylic acids is 2. The van der Waals surface area contributed by atoms with Gasteiger partial charge in [0.1, 0.15) is 5.82 Å². The van der Waals surface area contributed by atoms with Crippen LogP contribution < -0.4 is 10.2 Å². The standard InChI is InChI=1S/C31H32FN3O5/c32-26-6-2-5-25(18-26)30(38)33-27-19-24(9-10-28(27)34-13-15-40-16-14-34)23-4-1-3-21(17-23)20-35(12-11-29(36)37)31(39)22-7-8-22/h1-6,9-10,17-19,22H,7-8,11-16,20H2,(H,33,38)(H,36,37). The van der Waals surface area contributed by atoms with Crippen LogP contribution in [0.2, 0.25) is 0 Å². The molecule has 3 aromatic rings. The molecule has 0 radical (unpaired) electrons. The molecule has 5 rings (SSSR count). The third kappa shape index (κ3) is 6.84. The Morgan fingerprint density at radius 2 is 1.73 bits per heavy atom. The molecule has 8 nitrogen and oxygen atoms in total. The summed E-state index contributed by atoms with van der Waals surface area (Å²) in [7, 11) is 0. The Balaban J connectivity index is 1.42. The van der Waals surface area contributed by atoms with Crippen molar-refractivity contribution in [3.8, 4) is 11.1 Å². The van der Waals surface area contributed by atoms with Gasteiger partial charge < -0.3 is 25.0 Å². The van der Waals surface area contributed by atoms with Gasteiger partial charge in [0.05, 0.1) is 31.0 Å². The fraction of sp³-hybridized carbons (Fsp3) is 0.323. The molecule has 0 spiro atoms. The maximum absolute atomic E-state index is 13.8. The molecule has 0 aromatic heterocycles. The van der Waals surface area contributed by atoms with Crippen molar-refractivity contribution in [1.29, 1.82) is 0 Å². The van der Waals surface area contributed by atoms with Crippen molar-refractivity contribution in [2.45, 2.75) is 25.8 Å². The van der Waals surface area contributed by atoms with Gasteiger partial charge in [-0.25, -0.2) is 4.39 Å². The molecule has 1 aliphatic carbocycles. The Labute approximate surface area is 232 Å². The topological polar surface area (TPSA) is 99.2 Å². The number of carboxylic acids is 1. The number of nitrogens with zero attached hydrogens (tertiary/aromatic N) is 2. The van der Waals surface area contributed by atoms with Crippen LogP contribution in [-0.2, 0) is 20.9 Å². The molecular weight excluding hydrogens is 513 g/mol. The number of nitrogens with one attached hydrogen (secondary N) is 1. The Hall–Kier alpha value is -4.24. The van der Waals surface area contributed by atoms with E-state index in [1.807, 2.05) is 42.5 Å². The van der Waals surface area contributed by atoms with E-state index in [-0.39, 0.29) is 30.4 Å². The monoisotopic (exact) mass is 545 g/mol. The molecular formula is C31H32FN3O5. The number of hydrogen-bond acceptors (Lipinski definition) is 5. The highest BCUT2D eigenvalue weighted by atomic mass is 19.1. The average Bonchev–Trinajstić information content (AvgIpc) is 3.81. The van der Waals surface area contributed by atoms with E-state index in [2.05, 4.69) is 10.2 Å². The number of rotatable bonds is 10. The van der Waals surface area contributed by atoms with Gasteiger partial charge in [0.15, 0.2) is 0 Å². The number of aliphatic carboxylic acids is 1. The van der Waals surface area contributed by atoms with Crippen molar-refractivity contribution in [3.63, 3.8) is 0 Å². The smallest absolute Gasteiger partial charge is 0.305 e. The van der Waals surface area contributed by atoms with E-state index in [1.54, 1.807) is 11.0 Å². The lowest BCUT2D eigenvalue weighted by Crippen LogP contribution is -2.36. The van der Waals surface area contributed by atoms with Crippen molar-refractivity contribution < 1.29 is 28.6 Å². The zero-order valence-corrected chi connectivity index (χ0v) is 22.1. The quantitative estimate of drug-likeness (QED) is 0.380. The van der Waals surface area contributed by atoms with Crippen LogP contribution in [0.3, 0.4) is 0 Å². The van der Waals surface area contributed by atoms with E-state index in [0.717, 1.165) is 35.2 Å². The van der Waals surface area contributed by atoms with Crippen LogP contribution in [0.15, 0.2) is 66.7 Å². The van der Waals surface area contributed by atoms with Gasteiger partial charge in [-0.3, -0.25) is 14.4 Å². The third-order valence-electron chi connectivity index (χ3n) is 7.15. The van der Waals surface area contributed by atoms with Crippen molar-refractivity contribution >= 4 is 29.2 Å². The zero-order chi connectivity index (χ0) is 28.1. The summed E-state index contributed by atoms with van der Waals surface area (Å²) >= 11 is 0. The second-order valence-corrected chi connectivity index (χ2v) is 10.2. The van der Waals surface area contributed by atoms with Crippen LogP contribution in [0.4, 0.5) is 15.8 Å². The molecule has 1 heterocycles.